The molecule has 144 valence electrons. The number of nitrogens with one attached hydrogen (secondary N) is 2. The molecule has 2 aromatic carbocycles. The minimum Gasteiger partial charge on any atom is -0.465 e. The van der Waals surface area contributed by atoms with Crippen LogP contribution in [0.5, 0.6) is 0 Å². The summed E-state index contributed by atoms with van der Waals surface area (Å²) in [6.45, 7) is 0. The minimum atomic E-state index is -0.647. The SMILES string of the molecule is COC(=O)c1cc(Cl)cc(Cl)c1NC(=O)CSc1ncc(-c2ccccc2)[nH]1. The van der Waals surface area contributed by atoms with Gasteiger partial charge in [0, 0.05) is 5.02 Å². The zero-order valence-electron chi connectivity index (χ0n) is 14.7. The van der Waals surface area contributed by atoms with Gasteiger partial charge in [-0.25, -0.2) is 9.78 Å². The van der Waals surface area contributed by atoms with Crippen molar-refractivity contribution in [2.45, 2.75) is 5.16 Å². The van der Waals surface area contributed by atoms with Gasteiger partial charge in [-0.3, -0.25) is 4.79 Å². The molecule has 0 bridgehead atoms. The molecule has 3 aromatic rings. The van der Waals surface area contributed by atoms with Crippen molar-refractivity contribution in [3.8, 4) is 11.3 Å². The number of carbonyl (C=O) groups is 2. The summed E-state index contributed by atoms with van der Waals surface area (Å²) < 4.78 is 4.71. The lowest BCUT2D eigenvalue weighted by Crippen LogP contribution is -2.17. The molecule has 0 unspecified atom stereocenters. The number of H-pyrrole nitrogens is 1. The quantitative estimate of drug-likeness (QED) is 0.424. The molecule has 1 heterocycles. The Morgan fingerprint density at radius 2 is 1.96 bits per heavy atom. The normalized spacial score (nSPS) is 10.5. The molecule has 0 saturated heterocycles. The topological polar surface area (TPSA) is 84.1 Å². The molecule has 9 heteroatoms. The molecule has 6 nitrogen and oxygen atoms in total. The fraction of sp³-hybridized carbons (Fsp3) is 0.105. The van der Waals surface area contributed by atoms with E-state index in [-0.39, 0.29) is 33.0 Å². The number of carbonyl (C=O) groups excluding carboxylic acids is 2. The van der Waals surface area contributed by atoms with Crippen LogP contribution in [0.3, 0.4) is 0 Å². The van der Waals surface area contributed by atoms with Crippen LogP contribution < -0.4 is 5.32 Å². The summed E-state index contributed by atoms with van der Waals surface area (Å²) in [5.41, 5.74) is 2.11. The van der Waals surface area contributed by atoms with Gasteiger partial charge in [0.1, 0.15) is 0 Å². The first kappa shape index (κ1) is 20.3. The molecule has 0 radical (unpaired) electrons. The third-order valence-electron chi connectivity index (χ3n) is 3.70. The highest BCUT2D eigenvalue weighted by molar-refractivity contribution is 7.99. The molecule has 0 fully saturated rings. The van der Waals surface area contributed by atoms with Gasteiger partial charge >= 0.3 is 5.97 Å². The van der Waals surface area contributed by atoms with Crippen LogP contribution in [0, 0.1) is 0 Å². The first-order chi connectivity index (χ1) is 13.5. The van der Waals surface area contributed by atoms with E-state index in [1.165, 1.54) is 31.0 Å². The Kier molecular flexibility index (Phi) is 6.61. The highest BCUT2D eigenvalue weighted by atomic mass is 35.5. The molecule has 0 atom stereocenters. The van der Waals surface area contributed by atoms with Gasteiger partial charge in [-0.1, -0.05) is 65.3 Å². The Labute approximate surface area is 175 Å². The number of hydrogen-bond donors (Lipinski definition) is 2. The number of anilines is 1. The first-order valence-corrected chi connectivity index (χ1v) is 9.82. The van der Waals surface area contributed by atoms with Crippen LogP contribution in [0.1, 0.15) is 10.4 Å². The number of rotatable bonds is 6. The molecule has 0 aliphatic rings. The summed E-state index contributed by atoms with van der Waals surface area (Å²) in [5, 5.41) is 3.65. The first-order valence-electron chi connectivity index (χ1n) is 8.08. The number of esters is 1. The number of aromatic nitrogens is 2. The third kappa shape index (κ3) is 4.86. The molecular formula is C19H15Cl2N3O3S. The predicted molar refractivity (Wildman–Crippen MR) is 111 cm³/mol. The van der Waals surface area contributed by atoms with E-state index in [1.807, 2.05) is 30.3 Å². The van der Waals surface area contributed by atoms with Crippen LogP contribution in [0.4, 0.5) is 5.69 Å². The van der Waals surface area contributed by atoms with Gasteiger partial charge in [-0.05, 0) is 17.7 Å². The number of ether oxygens (including phenoxy) is 1. The molecule has 0 spiro atoms. The van der Waals surface area contributed by atoms with Crippen LogP contribution in [-0.4, -0.2) is 34.7 Å². The number of benzene rings is 2. The van der Waals surface area contributed by atoms with E-state index in [0.717, 1.165) is 11.3 Å². The van der Waals surface area contributed by atoms with Gasteiger partial charge in [0.2, 0.25) is 5.91 Å². The molecular weight excluding hydrogens is 421 g/mol. The highest BCUT2D eigenvalue weighted by Crippen LogP contribution is 2.31. The second-order valence-electron chi connectivity index (χ2n) is 5.61. The van der Waals surface area contributed by atoms with Gasteiger partial charge in [0.05, 0.1) is 41.0 Å². The second-order valence-corrected chi connectivity index (χ2v) is 7.41. The highest BCUT2D eigenvalue weighted by Gasteiger charge is 2.19. The van der Waals surface area contributed by atoms with Crippen molar-refractivity contribution in [3.63, 3.8) is 0 Å². The Morgan fingerprint density at radius 3 is 2.68 bits per heavy atom. The van der Waals surface area contributed by atoms with Crippen molar-refractivity contribution in [2.75, 3.05) is 18.2 Å². The number of methoxy groups -OCH3 is 1. The maximum atomic E-state index is 12.3. The number of nitrogens with zero attached hydrogens (tertiary/aromatic N) is 1. The summed E-state index contributed by atoms with van der Waals surface area (Å²) in [6, 6.07) is 12.6. The van der Waals surface area contributed by atoms with Crippen LogP contribution >= 0.6 is 35.0 Å². The van der Waals surface area contributed by atoms with Crippen LogP contribution in [0.25, 0.3) is 11.3 Å². The number of halogens is 2. The summed E-state index contributed by atoms with van der Waals surface area (Å²) in [5.74, 6) is -0.927. The molecule has 0 saturated carbocycles. The van der Waals surface area contributed by atoms with Crippen molar-refractivity contribution < 1.29 is 14.3 Å². The second kappa shape index (κ2) is 9.14. The van der Waals surface area contributed by atoms with Gasteiger partial charge in [0.25, 0.3) is 0 Å². The number of thioether (sulfide) groups is 1. The molecule has 1 aromatic heterocycles. The Hall–Kier alpha value is -2.48. The zero-order chi connectivity index (χ0) is 20.1. The van der Waals surface area contributed by atoms with Gasteiger partial charge < -0.3 is 15.0 Å². The van der Waals surface area contributed by atoms with Crippen LogP contribution in [-0.2, 0) is 9.53 Å². The van der Waals surface area contributed by atoms with E-state index in [9.17, 15) is 9.59 Å². The van der Waals surface area contributed by atoms with Gasteiger partial charge in [-0.2, -0.15) is 0 Å². The standard InChI is InChI=1S/C19H15Cl2N3O3S/c1-27-18(26)13-7-12(20)8-14(21)17(13)24-16(25)10-28-19-22-9-15(23-19)11-5-3-2-4-6-11/h2-9H,10H2,1H3,(H,22,23)(H,24,25). The molecule has 3 rings (SSSR count). The predicted octanol–water partition coefficient (Wildman–Crippen LogP) is 4.90. The number of aromatic amines is 1. The number of imidazole rings is 1. The van der Waals surface area contributed by atoms with Gasteiger partial charge in [-0.15, -0.1) is 0 Å². The summed E-state index contributed by atoms with van der Waals surface area (Å²) in [7, 11) is 1.24. The fourth-order valence-electron chi connectivity index (χ4n) is 2.42. The van der Waals surface area contributed by atoms with E-state index in [1.54, 1.807) is 6.20 Å². The smallest absolute Gasteiger partial charge is 0.340 e. The molecule has 28 heavy (non-hydrogen) atoms. The van der Waals surface area contributed by atoms with E-state index in [0.29, 0.717) is 5.16 Å². The average molecular weight is 436 g/mol. The Balaban J connectivity index is 1.67. The monoisotopic (exact) mass is 435 g/mol. The maximum absolute atomic E-state index is 12.3. The van der Waals surface area contributed by atoms with E-state index < -0.39 is 5.97 Å². The maximum Gasteiger partial charge on any atom is 0.340 e. The van der Waals surface area contributed by atoms with E-state index in [2.05, 4.69) is 15.3 Å². The minimum absolute atomic E-state index is 0.0707. The number of amides is 1. The summed E-state index contributed by atoms with van der Waals surface area (Å²) in [4.78, 5) is 31.7. The van der Waals surface area contributed by atoms with Crippen molar-refractivity contribution in [3.05, 3.63) is 64.3 Å². The average Bonchev–Trinajstić information content (AvgIpc) is 3.17. The lowest BCUT2D eigenvalue weighted by Gasteiger charge is -2.12. The van der Waals surface area contributed by atoms with Crippen molar-refractivity contribution in [1.82, 2.24) is 9.97 Å². The van der Waals surface area contributed by atoms with Crippen LogP contribution in [0.15, 0.2) is 53.8 Å². The van der Waals surface area contributed by atoms with Crippen molar-refractivity contribution >= 4 is 52.5 Å². The Bertz CT molecular complexity index is 1010. The fourth-order valence-corrected chi connectivity index (χ4v) is 3.61. The largest absolute Gasteiger partial charge is 0.465 e. The summed E-state index contributed by atoms with van der Waals surface area (Å²) in [6.07, 6.45) is 1.71. The van der Waals surface area contributed by atoms with E-state index in [4.69, 9.17) is 27.9 Å². The van der Waals surface area contributed by atoms with Crippen LogP contribution in [0.2, 0.25) is 10.0 Å². The lowest BCUT2D eigenvalue weighted by atomic mass is 10.1. The molecule has 0 aliphatic carbocycles. The lowest BCUT2D eigenvalue weighted by molar-refractivity contribution is -0.113. The molecule has 0 aliphatic heterocycles. The van der Waals surface area contributed by atoms with Crippen molar-refractivity contribution in [1.29, 1.82) is 0 Å². The van der Waals surface area contributed by atoms with E-state index >= 15 is 0 Å². The number of hydrogen-bond acceptors (Lipinski definition) is 5. The summed E-state index contributed by atoms with van der Waals surface area (Å²) >= 11 is 13.3. The Morgan fingerprint density at radius 1 is 1.21 bits per heavy atom. The van der Waals surface area contributed by atoms with Gasteiger partial charge in [0.15, 0.2) is 5.16 Å². The zero-order valence-corrected chi connectivity index (χ0v) is 17.0. The van der Waals surface area contributed by atoms with Crippen molar-refractivity contribution in [2.24, 2.45) is 0 Å². The molecule has 1 amide bonds. The molecule has 2 N–H and O–H groups in total. The third-order valence-corrected chi connectivity index (χ3v) is 5.11.